The maximum Gasteiger partial charge on any atom is 0.237 e. The average molecular weight is 369 g/mol. The van der Waals surface area contributed by atoms with Crippen molar-refractivity contribution in [2.45, 2.75) is 32.2 Å². The molecule has 0 radical (unpaired) electrons. The molecule has 2 aromatic carbocycles. The topological polar surface area (TPSA) is 62.7 Å². The number of nitrogens with zero attached hydrogens (tertiary/aromatic N) is 1. The summed E-state index contributed by atoms with van der Waals surface area (Å²) < 4.78 is 19.3. The van der Waals surface area contributed by atoms with E-state index in [9.17, 15) is 9.18 Å². The number of carbonyl (C=O) groups excluding carboxylic acids is 1. The van der Waals surface area contributed by atoms with E-state index in [1.54, 1.807) is 19.2 Å². The second-order valence-electron chi connectivity index (χ2n) is 6.65. The number of carbonyl (C=O) groups is 1. The van der Waals surface area contributed by atoms with E-state index >= 15 is 0 Å². The Hall–Kier alpha value is -2.73. The molecular weight excluding hydrogens is 345 g/mol. The van der Waals surface area contributed by atoms with E-state index in [4.69, 9.17) is 4.74 Å². The third-order valence-corrected chi connectivity index (χ3v) is 4.71. The Morgan fingerprint density at radius 2 is 2.19 bits per heavy atom. The van der Waals surface area contributed by atoms with Crippen LogP contribution in [0.25, 0.3) is 0 Å². The van der Waals surface area contributed by atoms with Gasteiger partial charge in [0.1, 0.15) is 11.7 Å². The Labute approximate surface area is 158 Å². The number of anilines is 2. The molecule has 142 valence electrons. The molecule has 0 aliphatic carbocycles. The van der Waals surface area contributed by atoms with Gasteiger partial charge in [0, 0.05) is 36.3 Å². The maximum absolute atomic E-state index is 14.1. The van der Waals surface area contributed by atoms with Gasteiger partial charge in [0.15, 0.2) is 0 Å². The van der Waals surface area contributed by atoms with E-state index in [1.165, 1.54) is 12.3 Å². The van der Waals surface area contributed by atoms with Crippen LogP contribution >= 0.6 is 0 Å². The molecule has 0 spiro atoms. The van der Waals surface area contributed by atoms with Crippen LogP contribution in [0.3, 0.4) is 0 Å². The summed E-state index contributed by atoms with van der Waals surface area (Å²) in [4.78, 5) is 16.6. The number of benzene rings is 2. The van der Waals surface area contributed by atoms with Gasteiger partial charge in [0.2, 0.25) is 5.91 Å². The first-order valence-corrected chi connectivity index (χ1v) is 9.03. The Kier molecular flexibility index (Phi) is 5.86. The summed E-state index contributed by atoms with van der Waals surface area (Å²) in [6.45, 7) is 4.74. The van der Waals surface area contributed by atoms with Gasteiger partial charge in [0.05, 0.1) is 12.3 Å². The number of hydrogen-bond donors (Lipinski definition) is 2. The standard InChI is InChI=1S/C21H24FN3O2/c1-4-14(12-27-3)24-18-9-8-15(10-13(18)2)23-11-16-20-17(22)6-5-7-19(20)25-21(16)26/h5-11,14,16,24H,4,12H2,1-3H3,(H,25,26). The highest BCUT2D eigenvalue weighted by molar-refractivity contribution is 6.12. The highest BCUT2D eigenvalue weighted by Gasteiger charge is 2.31. The third kappa shape index (κ3) is 4.17. The fourth-order valence-electron chi connectivity index (χ4n) is 3.18. The first-order valence-electron chi connectivity index (χ1n) is 9.03. The number of aliphatic imine (C=N–C) groups is 1. The van der Waals surface area contributed by atoms with E-state index in [0.29, 0.717) is 17.9 Å². The van der Waals surface area contributed by atoms with Crippen LogP contribution in [0.1, 0.15) is 30.4 Å². The monoisotopic (exact) mass is 369 g/mol. The zero-order valence-electron chi connectivity index (χ0n) is 15.8. The Balaban J connectivity index is 1.77. The van der Waals surface area contributed by atoms with Gasteiger partial charge in [-0.3, -0.25) is 9.79 Å². The van der Waals surface area contributed by atoms with Gasteiger partial charge in [-0.1, -0.05) is 13.0 Å². The Bertz CT molecular complexity index is 867. The molecule has 2 unspecified atom stereocenters. The predicted octanol–water partition coefficient (Wildman–Crippen LogP) is 4.41. The first-order chi connectivity index (χ1) is 13.0. The number of nitrogens with one attached hydrogen (secondary N) is 2. The van der Waals surface area contributed by atoms with Crippen molar-refractivity contribution >= 4 is 29.2 Å². The molecule has 1 aliphatic rings. The van der Waals surface area contributed by atoms with E-state index in [0.717, 1.165) is 23.4 Å². The molecule has 1 aliphatic heterocycles. The van der Waals surface area contributed by atoms with Gasteiger partial charge >= 0.3 is 0 Å². The number of fused-ring (bicyclic) bond motifs is 1. The van der Waals surface area contributed by atoms with Crippen LogP contribution in [0, 0.1) is 12.7 Å². The maximum atomic E-state index is 14.1. The summed E-state index contributed by atoms with van der Waals surface area (Å²) in [7, 11) is 1.69. The molecule has 0 bridgehead atoms. The number of halogens is 1. The van der Waals surface area contributed by atoms with Gasteiger partial charge in [-0.15, -0.1) is 0 Å². The molecule has 6 heteroatoms. The van der Waals surface area contributed by atoms with Crippen molar-refractivity contribution in [3.8, 4) is 0 Å². The lowest BCUT2D eigenvalue weighted by Crippen LogP contribution is -2.24. The highest BCUT2D eigenvalue weighted by atomic mass is 19.1. The molecule has 3 rings (SSSR count). The second-order valence-corrected chi connectivity index (χ2v) is 6.65. The number of aryl methyl sites for hydroxylation is 1. The third-order valence-electron chi connectivity index (χ3n) is 4.71. The van der Waals surface area contributed by atoms with Crippen molar-refractivity contribution in [1.29, 1.82) is 0 Å². The largest absolute Gasteiger partial charge is 0.383 e. The Morgan fingerprint density at radius 3 is 2.89 bits per heavy atom. The fourth-order valence-corrected chi connectivity index (χ4v) is 3.18. The van der Waals surface area contributed by atoms with E-state index in [-0.39, 0.29) is 11.9 Å². The van der Waals surface area contributed by atoms with Gasteiger partial charge in [-0.05, 0) is 49.2 Å². The number of hydrogen-bond acceptors (Lipinski definition) is 4. The number of methoxy groups -OCH3 is 1. The average Bonchev–Trinajstić information content (AvgIpc) is 2.97. The van der Waals surface area contributed by atoms with Crippen molar-refractivity contribution in [2.24, 2.45) is 4.99 Å². The van der Waals surface area contributed by atoms with Gasteiger partial charge in [0.25, 0.3) is 0 Å². The van der Waals surface area contributed by atoms with Crippen molar-refractivity contribution in [3.05, 3.63) is 53.3 Å². The van der Waals surface area contributed by atoms with Crippen molar-refractivity contribution < 1.29 is 13.9 Å². The van der Waals surface area contributed by atoms with Crippen molar-refractivity contribution in [1.82, 2.24) is 0 Å². The summed E-state index contributed by atoms with van der Waals surface area (Å²) in [5.41, 5.74) is 3.65. The quantitative estimate of drug-likeness (QED) is 0.711. The fraction of sp³-hybridized carbons (Fsp3) is 0.333. The molecule has 5 nitrogen and oxygen atoms in total. The van der Waals surface area contributed by atoms with E-state index in [1.807, 2.05) is 25.1 Å². The highest BCUT2D eigenvalue weighted by Crippen LogP contribution is 2.34. The van der Waals surface area contributed by atoms with Crippen LogP contribution in [0.4, 0.5) is 21.5 Å². The molecule has 1 amide bonds. The summed E-state index contributed by atoms with van der Waals surface area (Å²) in [6.07, 6.45) is 2.46. The van der Waals surface area contributed by atoms with E-state index < -0.39 is 11.7 Å². The predicted molar refractivity (Wildman–Crippen MR) is 107 cm³/mol. The summed E-state index contributed by atoms with van der Waals surface area (Å²) >= 11 is 0. The molecule has 0 fully saturated rings. The molecule has 0 aromatic heterocycles. The molecule has 2 atom stereocenters. The molecule has 0 saturated heterocycles. The van der Waals surface area contributed by atoms with Crippen LogP contribution in [0.2, 0.25) is 0 Å². The number of rotatable bonds is 7. The molecular formula is C21H24FN3O2. The van der Waals surface area contributed by atoms with Gasteiger partial charge < -0.3 is 15.4 Å². The minimum Gasteiger partial charge on any atom is -0.383 e. The zero-order valence-corrected chi connectivity index (χ0v) is 15.8. The van der Waals surface area contributed by atoms with Crippen LogP contribution in [0.15, 0.2) is 41.4 Å². The lowest BCUT2D eigenvalue weighted by molar-refractivity contribution is -0.115. The molecule has 2 N–H and O–H groups in total. The number of amides is 1. The van der Waals surface area contributed by atoms with Crippen molar-refractivity contribution in [3.63, 3.8) is 0 Å². The summed E-state index contributed by atoms with van der Waals surface area (Å²) in [5, 5.41) is 6.15. The molecule has 27 heavy (non-hydrogen) atoms. The lowest BCUT2D eigenvalue weighted by atomic mass is 10.0. The molecule has 2 aromatic rings. The normalized spacial score (nSPS) is 17.0. The van der Waals surface area contributed by atoms with Gasteiger partial charge in [-0.25, -0.2) is 4.39 Å². The van der Waals surface area contributed by atoms with Crippen LogP contribution < -0.4 is 10.6 Å². The molecule has 1 heterocycles. The minimum atomic E-state index is -0.717. The lowest BCUT2D eigenvalue weighted by Gasteiger charge is -2.19. The van der Waals surface area contributed by atoms with Crippen LogP contribution in [0.5, 0.6) is 0 Å². The smallest absolute Gasteiger partial charge is 0.237 e. The zero-order chi connectivity index (χ0) is 19.4. The van der Waals surface area contributed by atoms with Crippen LogP contribution in [-0.4, -0.2) is 31.9 Å². The second kappa shape index (κ2) is 8.31. The summed E-state index contributed by atoms with van der Waals surface area (Å²) in [5.74, 6) is -1.38. The number of ether oxygens (including phenoxy) is 1. The first kappa shape index (κ1) is 19.0. The SMILES string of the molecule is CCC(COC)Nc1ccc(N=CC2C(=O)Nc3cccc(F)c32)cc1C. The summed E-state index contributed by atoms with van der Waals surface area (Å²) in [6, 6.07) is 10.6. The minimum absolute atomic E-state index is 0.240. The van der Waals surface area contributed by atoms with Gasteiger partial charge in [-0.2, -0.15) is 0 Å². The van der Waals surface area contributed by atoms with Crippen LogP contribution in [-0.2, 0) is 9.53 Å². The Morgan fingerprint density at radius 1 is 1.37 bits per heavy atom. The van der Waals surface area contributed by atoms with E-state index in [2.05, 4.69) is 22.5 Å². The molecule has 0 saturated carbocycles. The van der Waals surface area contributed by atoms with Crippen molar-refractivity contribution in [2.75, 3.05) is 24.4 Å².